The fourth-order valence-electron chi connectivity index (χ4n) is 4.86. The Labute approximate surface area is 248 Å². The van der Waals surface area contributed by atoms with Crippen LogP contribution in [0, 0.1) is 6.92 Å². The van der Waals surface area contributed by atoms with Gasteiger partial charge in [0.25, 0.3) is 5.56 Å². The Kier molecular flexibility index (Phi) is 9.39. The number of aromatic nitrogens is 4. The molecule has 0 saturated heterocycles. The number of benzene rings is 3. The van der Waals surface area contributed by atoms with Crippen molar-refractivity contribution in [1.82, 2.24) is 19.7 Å². The quantitative estimate of drug-likeness (QED) is 0.200. The van der Waals surface area contributed by atoms with Crippen molar-refractivity contribution in [2.75, 3.05) is 0 Å². The Morgan fingerprint density at radius 2 is 1.59 bits per heavy atom. The van der Waals surface area contributed by atoms with Crippen LogP contribution in [0.1, 0.15) is 44.3 Å². The predicted octanol–water partition coefficient (Wildman–Crippen LogP) is 6.59. The second-order valence-corrected chi connectivity index (χ2v) is 10.0. The molecule has 0 unspecified atom stereocenters. The predicted molar refractivity (Wildman–Crippen MR) is 166 cm³/mol. The van der Waals surface area contributed by atoms with Crippen LogP contribution in [0.25, 0.3) is 33.6 Å². The first kappa shape index (κ1) is 29.7. The third-order valence-electron chi connectivity index (χ3n) is 6.65. The van der Waals surface area contributed by atoms with Gasteiger partial charge in [0, 0.05) is 12.0 Å². The van der Waals surface area contributed by atoms with E-state index in [2.05, 4.69) is 17.1 Å². The van der Waals surface area contributed by atoms with E-state index >= 15 is 0 Å². The van der Waals surface area contributed by atoms with E-state index < -0.39 is 5.76 Å². The molecule has 212 valence electrons. The summed E-state index contributed by atoms with van der Waals surface area (Å²) in [5.74, 6) is 1.32. The normalized spacial score (nSPS) is 11.0. The van der Waals surface area contributed by atoms with Crippen molar-refractivity contribution >= 4 is 17.0 Å². The smallest absolute Gasteiger partial charge is 0.439 e. The lowest BCUT2D eigenvalue weighted by Crippen LogP contribution is -2.28. The summed E-state index contributed by atoms with van der Waals surface area (Å²) in [4.78, 5) is 32.9. The average Bonchev–Trinajstić information content (AvgIpc) is 3.38. The molecule has 2 heterocycles. The van der Waals surface area contributed by atoms with Crippen molar-refractivity contribution in [3.05, 3.63) is 111 Å². The number of aromatic amines is 1. The first-order valence-electron chi connectivity index (χ1n) is 13.5. The maximum atomic E-state index is 13.9. The van der Waals surface area contributed by atoms with E-state index in [0.29, 0.717) is 24.4 Å². The molecule has 5 aromatic rings. The molecule has 0 spiro atoms. The molecule has 0 atom stereocenters. The number of aryl methyl sites for hydroxylation is 2. The van der Waals surface area contributed by atoms with Crippen molar-refractivity contribution in [1.29, 1.82) is 0 Å². The van der Waals surface area contributed by atoms with E-state index in [-0.39, 0.29) is 28.6 Å². The van der Waals surface area contributed by atoms with Crippen LogP contribution in [0.5, 0.6) is 5.75 Å². The first-order chi connectivity index (χ1) is 19.3. The number of hydrogen-bond acceptors (Lipinski definition) is 6. The number of ether oxygens (including phenoxy) is 1. The van der Waals surface area contributed by atoms with Gasteiger partial charge in [-0.05, 0) is 61.6 Å². The molecule has 0 bridgehead atoms. The highest BCUT2D eigenvalue weighted by molar-refractivity contribution is 8.93. The second-order valence-electron chi connectivity index (χ2n) is 10.0. The molecule has 9 heteroatoms. The Morgan fingerprint density at radius 3 is 2.20 bits per heavy atom. The SMILES string of the molecule is Br.CCCc1nc(C)c(-c2ccc(OC(C)C)cc2)c(=O)n1Cc1ccc(-c2ccccc2-c2noc(=O)[nH]2)cc1. The van der Waals surface area contributed by atoms with Crippen molar-refractivity contribution in [3.63, 3.8) is 0 Å². The summed E-state index contributed by atoms with van der Waals surface area (Å²) in [7, 11) is 0. The highest BCUT2D eigenvalue weighted by atomic mass is 79.9. The maximum absolute atomic E-state index is 13.9. The second kappa shape index (κ2) is 13.0. The monoisotopic (exact) mass is 616 g/mol. The van der Waals surface area contributed by atoms with Gasteiger partial charge in [0.2, 0.25) is 0 Å². The summed E-state index contributed by atoms with van der Waals surface area (Å²) in [5.41, 5.74) is 5.69. The van der Waals surface area contributed by atoms with Gasteiger partial charge in [-0.3, -0.25) is 18.9 Å². The third kappa shape index (κ3) is 6.57. The van der Waals surface area contributed by atoms with E-state index in [9.17, 15) is 9.59 Å². The number of nitrogens with zero attached hydrogens (tertiary/aromatic N) is 3. The minimum absolute atomic E-state index is 0. The fourth-order valence-corrected chi connectivity index (χ4v) is 4.86. The van der Waals surface area contributed by atoms with Gasteiger partial charge in [-0.25, -0.2) is 9.78 Å². The van der Waals surface area contributed by atoms with Crippen LogP contribution in [0.15, 0.2) is 86.9 Å². The molecule has 2 aromatic heterocycles. The highest BCUT2D eigenvalue weighted by Gasteiger charge is 2.17. The van der Waals surface area contributed by atoms with Crippen molar-refractivity contribution < 1.29 is 9.26 Å². The molecule has 1 N–H and O–H groups in total. The van der Waals surface area contributed by atoms with E-state index in [1.807, 2.05) is 93.6 Å². The van der Waals surface area contributed by atoms with E-state index in [0.717, 1.165) is 51.5 Å². The van der Waals surface area contributed by atoms with Crippen molar-refractivity contribution in [2.24, 2.45) is 0 Å². The minimum atomic E-state index is -0.598. The van der Waals surface area contributed by atoms with E-state index in [1.165, 1.54) is 0 Å². The highest BCUT2D eigenvalue weighted by Crippen LogP contribution is 2.30. The first-order valence-corrected chi connectivity index (χ1v) is 13.5. The number of H-pyrrole nitrogens is 1. The zero-order valence-corrected chi connectivity index (χ0v) is 25.2. The Balaban J connectivity index is 0.00000387. The van der Waals surface area contributed by atoms with Crippen LogP contribution < -0.4 is 16.1 Å². The van der Waals surface area contributed by atoms with Gasteiger partial charge in [0.15, 0.2) is 5.82 Å². The third-order valence-corrected chi connectivity index (χ3v) is 6.65. The Bertz CT molecular complexity index is 1740. The lowest BCUT2D eigenvalue weighted by Gasteiger charge is -2.17. The van der Waals surface area contributed by atoms with Gasteiger partial charge >= 0.3 is 5.76 Å². The summed E-state index contributed by atoms with van der Waals surface area (Å²) >= 11 is 0. The zero-order valence-electron chi connectivity index (χ0n) is 23.5. The fraction of sp³-hybridized carbons (Fsp3) is 0.250. The van der Waals surface area contributed by atoms with Crippen LogP contribution in [0.3, 0.4) is 0 Å². The van der Waals surface area contributed by atoms with Crippen LogP contribution in [-0.4, -0.2) is 25.8 Å². The molecule has 0 aliphatic rings. The molecule has 0 amide bonds. The number of nitrogens with one attached hydrogen (secondary N) is 1. The molecule has 8 nitrogen and oxygen atoms in total. The molecule has 0 fully saturated rings. The molecule has 0 saturated carbocycles. The van der Waals surface area contributed by atoms with Gasteiger partial charge in [-0.1, -0.05) is 72.7 Å². The van der Waals surface area contributed by atoms with Gasteiger partial charge < -0.3 is 4.74 Å². The summed E-state index contributed by atoms with van der Waals surface area (Å²) in [6.45, 7) is 8.35. The lowest BCUT2D eigenvalue weighted by atomic mass is 9.98. The van der Waals surface area contributed by atoms with Crippen molar-refractivity contribution in [3.8, 4) is 39.4 Å². The summed E-state index contributed by atoms with van der Waals surface area (Å²) < 4.78 is 12.3. The summed E-state index contributed by atoms with van der Waals surface area (Å²) in [6, 6.07) is 23.3. The average molecular weight is 618 g/mol. The summed E-state index contributed by atoms with van der Waals surface area (Å²) in [5, 5.41) is 3.84. The van der Waals surface area contributed by atoms with Crippen LogP contribution in [0.4, 0.5) is 0 Å². The standard InChI is InChI=1S/C32H32N4O4.BrH/c1-5-8-28-33-21(4)29(24-15-17-25(18-16-24)39-20(2)3)31(37)36(28)19-22-11-13-23(14-12-22)26-9-6-7-10-27(26)30-34-32(38)40-35-30;/h6-7,9-18,20H,5,8,19H2,1-4H3,(H,34,35,38);1H. The number of hydrogen-bond donors (Lipinski definition) is 1. The number of halogens is 1. The van der Waals surface area contributed by atoms with E-state index in [4.69, 9.17) is 14.2 Å². The van der Waals surface area contributed by atoms with Crippen LogP contribution in [0.2, 0.25) is 0 Å². The van der Waals surface area contributed by atoms with Gasteiger partial charge in [0.05, 0.1) is 23.9 Å². The number of rotatable bonds is 9. The summed E-state index contributed by atoms with van der Waals surface area (Å²) in [6.07, 6.45) is 1.66. The molecule has 0 radical (unpaired) electrons. The van der Waals surface area contributed by atoms with Gasteiger partial charge in [0.1, 0.15) is 11.6 Å². The lowest BCUT2D eigenvalue weighted by molar-refractivity contribution is 0.242. The zero-order chi connectivity index (χ0) is 28.2. The van der Waals surface area contributed by atoms with Gasteiger partial charge in [-0.2, -0.15) is 0 Å². The molecule has 3 aromatic carbocycles. The van der Waals surface area contributed by atoms with E-state index in [1.54, 1.807) is 4.57 Å². The van der Waals surface area contributed by atoms with Crippen LogP contribution in [-0.2, 0) is 13.0 Å². The maximum Gasteiger partial charge on any atom is 0.439 e. The molecule has 0 aliphatic carbocycles. The Hall–Kier alpha value is -4.24. The molecule has 0 aliphatic heterocycles. The Morgan fingerprint density at radius 1 is 0.927 bits per heavy atom. The minimum Gasteiger partial charge on any atom is -0.491 e. The topological polar surface area (TPSA) is 103 Å². The van der Waals surface area contributed by atoms with Crippen molar-refractivity contribution in [2.45, 2.75) is 53.2 Å². The molecule has 41 heavy (non-hydrogen) atoms. The van der Waals surface area contributed by atoms with Gasteiger partial charge in [-0.15, -0.1) is 17.0 Å². The molecular formula is C32H33BrN4O4. The van der Waals surface area contributed by atoms with Crippen LogP contribution >= 0.6 is 17.0 Å². The molecule has 5 rings (SSSR count). The molecular weight excluding hydrogens is 584 g/mol. The largest absolute Gasteiger partial charge is 0.491 e.